The molecule has 1 aromatic heterocycles. The lowest BCUT2D eigenvalue weighted by Crippen LogP contribution is -2.26. The standard InChI is InChI=1S/C10H18N4O3/c1-8-12-9(14-13-8)10(15)11-4-3-5-17-7-6-16-2/h3-7H2,1-2H3,(H,11,15)(H,12,13,14). The van der Waals surface area contributed by atoms with Crippen LogP contribution in [0.1, 0.15) is 22.9 Å². The van der Waals surface area contributed by atoms with E-state index < -0.39 is 0 Å². The molecule has 2 N–H and O–H groups in total. The molecule has 0 bridgehead atoms. The predicted molar refractivity (Wildman–Crippen MR) is 60.8 cm³/mol. The quantitative estimate of drug-likeness (QED) is 0.621. The second-order valence-corrected chi connectivity index (χ2v) is 3.46. The normalized spacial score (nSPS) is 10.5. The molecule has 0 unspecified atom stereocenters. The van der Waals surface area contributed by atoms with E-state index in [9.17, 15) is 4.79 Å². The SMILES string of the molecule is COCCOCCCNC(=O)c1n[nH]c(C)n1. The van der Waals surface area contributed by atoms with Crippen molar-refractivity contribution >= 4 is 5.91 Å². The van der Waals surface area contributed by atoms with Gasteiger partial charge < -0.3 is 14.8 Å². The molecule has 0 aromatic carbocycles. The highest BCUT2D eigenvalue weighted by Gasteiger charge is 2.09. The summed E-state index contributed by atoms with van der Waals surface area (Å²) in [6.45, 7) is 4.04. The predicted octanol–water partition coefficient (Wildman–Crippen LogP) is -0.104. The van der Waals surface area contributed by atoms with Crippen LogP contribution in [0.25, 0.3) is 0 Å². The van der Waals surface area contributed by atoms with Crippen LogP contribution in [-0.4, -0.2) is 54.6 Å². The summed E-state index contributed by atoms with van der Waals surface area (Å²) >= 11 is 0. The first-order valence-electron chi connectivity index (χ1n) is 5.48. The Bertz CT molecular complexity index is 340. The van der Waals surface area contributed by atoms with Crippen molar-refractivity contribution in [2.45, 2.75) is 13.3 Å². The van der Waals surface area contributed by atoms with Gasteiger partial charge in [0.2, 0.25) is 5.82 Å². The van der Waals surface area contributed by atoms with Crippen molar-refractivity contribution in [1.29, 1.82) is 0 Å². The Morgan fingerprint density at radius 2 is 2.24 bits per heavy atom. The number of nitrogens with zero attached hydrogens (tertiary/aromatic N) is 2. The molecule has 1 rings (SSSR count). The first-order chi connectivity index (χ1) is 8.24. The molecule has 0 radical (unpaired) electrons. The van der Waals surface area contributed by atoms with Gasteiger partial charge in [0, 0.05) is 20.3 Å². The number of carbonyl (C=O) groups is 1. The molecule has 1 heterocycles. The van der Waals surface area contributed by atoms with Gasteiger partial charge in [0.25, 0.3) is 5.91 Å². The van der Waals surface area contributed by atoms with Crippen molar-refractivity contribution in [3.63, 3.8) is 0 Å². The maximum absolute atomic E-state index is 11.5. The number of aryl methyl sites for hydroxylation is 1. The molecule has 0 spiro atoms. The largest absolute Gasteiger partial charge is 0.382 e. The van der Waals surface area contributed by atoms with Gasteiger partial charge in [-0.15, -0.1) is 5.10 Å². The van der Waals surface area contributed by atoms with Gasteiger partial charge in [-0.3, -0.25) is 9.89 Å². The van der Waals surface area contributed by atoms with Gasteiger partial charge in [0.15, 0.2) is 0 Å². The number of H-pyrrole nitrogens is 1. The molecule has 0 fully saturated rings. The Morgan fingerprint density at radius 3 is 2.88 bits per heavy atom. The highest BCUT2D eigenvalue weighted by molar-refractivity contribution is 5.90. The topological polar surface area (TPSA) is 89.1 Å². The van der Waals surface area contributed by atoms with Crippen LogP contribution in [0.4, 0.5) is 0 Å². The lowest BCUT2D eigenvalue weighted by Gasteiger charge is -2.04. The third-order valence-corrected chi connectivity index (χ3v) is 1.98. The molecule has 1 aromatic rings. The summed E-state index contributed by atoms with van der Waals surface area (Å²) in [5.74, 6) is 0.520. The fourth-order valence-electron chi connectivity index (χ4n) is 1.14. The van der Waals surface area contributed by atoms with E-state index in [2.05, 4.69) is 20.5 Å². The molecule has 7 heteroatoms. The second-order valence-electron chi connectivity index (χ2n) is 3.46. The highest BCUT2D eigenvalue weighted by atomic mass is 16.5. The van der Waals surface area contributed by atoms with Gasteiger partial charge in [-0.25, -0.2) is 4.98 Å². The molecule has 1 amide bonds. The smallest absolute Gasteiger partial charge is 0.290 e. The average Bonchev–Trinajstić information content (AvgIpc) is 2.74. The molecule has 7 nitrogen and oxygen atoms in total. The molecule has 0 aliphatic rings. The Balaban J connectivity index is 2.05. The number of nitrogens with one attached hydrogen (secondary N) is 2. The zero-order chi connectivity index (χ0) is 12.5. The van der Waals surface area contributed by atoms with Crippen LogP contribution in [0.5, 0.6) is 0 Å². The van der Waals surface area contributed by atoms with E-state index in [1.807, 2.05) is 0 Å². The van der Waals surface area contributed by atoms with Crippen molar-refractivity contribution in [2.24, 2.45) is 0 Å². The summed E-state index contributed by atoms with van der Waals surface area (Å²) < 4.78 is 10.1. The number of amides is 1. The Hall–Kier alpha value is -1.47. The Morgan fingerprint density at radius 1 is 1.41 bits per heavy atom. The first-order valence-corrected chi connectivity index (χ1v) is 5.48. The number of aromatic nitrogens is 3. The van der Waals surface area contributed by atoms with E-state index >= 15 is 0 Å². The third kappa shape index (κ3) is 5.41. The van der Waals surface area contributed by atoms with E-state index in [4.69, 9.17) is 9.47 Å². The van der Waals surface area contributed by atoms with Crippen molar-refractivity contribution in [2.75, 3.05) is 33.5 Å². The minimum atomic E-state index is -0.272. The van der Waals surface area contributed by atoms with E-state index in [-0.39, 0.29) is 11.7 Å². The van der Waals surface area contributed by atoms with Crippen LogP contribution < -0.4 is 5.32 Å². The summed E-state index contributed by atoms with van der Waals surface area (Å²) in [6, 6.07) is 0. The minimum Gasteiger partial charge on any atom is -0.382 e. The van der Waals surface area contributed by atoms with Crippen molar-refractivity contribution in [3.05, 3.63) is 11.6 Å². The monoisotopic (exact) mass is 242 g/mol. The van der Waals surface area contributed by atoms with Gasteiger partial charge in [-0.1, -0.05) is 0 Å². The molecule has 96 valence electrons. The number of rotatable bonds is 8. The molecule has 0 atom stereocenters. The maximum Gasteiger partial charge on any atom is 0.290 e. The van der Waals surface area contributed by atoms with Crippen LogP contribution in [0.3, 0.4) is 0 Å². The Labute approximate surface area is 99.9 Å². The van der Waals surface area contributed by atoms with Gasteiger partial charge >= 0.3 is 0 Å². The van der Waals surface area contributed by atoms with Crippen LogP contribution in [0.2, 0.25) is 0 Å². The number of carbonyl (C=O) groups excluding carboxylic acids is 1. The van der Waals surface area contributed by atoms with Gasteiger partial charge in [-0.05, 0) is 13.3 Å². The van der Waals surface area contributed by atoms with Crippen molar-refractivity contribution in [3.8, 4) is 0 Å². The highest BCUT2D eigenvalue weighted by Crippen LogP contribution is 1.90. The van der Waals surface area contributed by atoms with Gasteiger partial charge in [0.1, 0.15) is 5.82 Å². The number of ether oxygens (including phenoxy) is 2. The maximum atomic E-state index is 11.5. The number of methoxy groups -OCH3 is 1. The molecule has 0 saturated heterocycles. The van der Waals surface area contributed by atoms with Gasteiger partial charge in [-0.2, -0.15) is 0 Å². The number of hydrogen-bond acceptors (Lipinski definition) is 5. The molecular weight excluding hydrogens is 224 g/mol. The zero-order valence-corrected chi connectivity index (χ0v) is 10.2. The lowest BCUT2D eigenvalue weighted by atomic mass is 10.4. The van der Waals surface area contributed by atoms with E-state index in [1.165, 1.54) is 0 Å². The summed E-state index contributed by atoms with van der Waals surface area (Å²) in [5.41, 5.74) is 0. The zero-order valence-electron chi connectivity index (χ0n) is 10.2. The van der Waals surface area contributed by atoms with Crippen LogP contribution >= 0.6 is 0 Å². The van der Waals surface area contributed by atoms with Crippen LogP contribution in [-0.2, 0) is 9.47 Å². The van der Waals surface area contributed by atoms with Crippen molar-refractivity contribution < 1.29 is 14.3 Å². The van der Waals surface area contributed by atoms with E-state index in [1.54, 1.807) is 14.0 Å². The first kappa shape index (κ1) is 13.6. The summed E-state index contributed by atoms with van der Waals surface area (Å²) in [6.07, 6.45) is 0.749. The molecule has 0 aliphatic heterocycles. The third-order valence-electron chi connectivity index (χ3n) is 1.98. The van der Waals surface area contributed by atoms with Crippen molar-refractivity contribution in [1.82, 2.24) is 20.5 Å². The van der Waals surface area contributed by atoms with Crippen LogP contribution in [0.15, 0.2) is 0 Å². The fraction of sp³-hybridized carbons (Fsp3) is 0.700. The minimum absolute atomic E-state index is 0.169. The molecule has 0 aliphatic carbocycles. The van der Waals surface area contributed by atoms with E-state index in [0.717, 1.165) is 6.42 Å². The fourth-order valence-corrected chi connectivity index (χ4v) is 1.14. The lowest BCUT2D eigenvalue weighted by molar-refractivity contribution is 0.0688. The second kappa shape index (κ2) is 7.75. The van der Waals surface area contributed by atoms with E-state index in [0.29, 0.717) is 32.2 Å². The molecular formula is C10H18N4O3. The summed E-state index contributed by atoms with van der Waals surface area (Å²) in [5, 5.41) is 9.08. The van der Waals surface area contributed by atoms with Gasteiger partial charge in [0.05, 0.1) is 13.2 Å². The molecule has 0 saturated carbocycles. The Kier molecular flexibility index (Phi) is 6.19. The molecule has 17 heavy (non-hydrogen) atoms. The summed E-state index contributed by atoms with van der Waals surface area (Å²) in [7, 11) is 1.63. The average molecular weight is 242 g/mol. The van der Waals surface area contributed by atoms with Crippen LogP contribution in [0, 0.1) is 6.92 Å². The summed E-state index contributed by atoms with van der Waals surface area (Å²) in [4.78, 5) is 15.4. The number of hydrogen-bond donors (Lipinski definition) is 2. The number of aromatic amines is 1.